The summed E-state index contributed by atoms with van der Waals surface area (Å²) >= 11 is 9.21. The van der Waals surface area contributed by atoms with E-state index in [1.54, 1.807) is 32.0 Å². The lowest BCUT2D eigenvalue weighted by molar-refractivity contribution is -0.148. The zero-order valence-corrected chi connectivity index (χ0v) is 11.3. The number of halogens is 2. The summed E-state index contributed by atoms with van der Waals surface area (Å²) in [6.45, 7) is 3.27. The van der Waals surface area contributed by atoms with Gasteiger partial charge in [0.05, 0.1) is 10.4 Å². The summed E-state index contributed by atoms with van der Waals surface area (Å²) in [6, 6.07) is 5.18. The molecule has 0 aromatic heterocycles. The molecule has 0 aliphatic carbocycles. The molecule has 0 spiro atoms. The molecule has 0 radical (unpaired) electrons. The van der Waals surface area contributed by atoms with Crippen molar-refractivity contribution in [2.45, 2.75) is 13.8 Å². The summed E-state index contributed by atoms with van der Waals surface area (Å²) in [5.41, 5.74) is -0.934. The van der Waals surface area contributed by atoms with Gasteiger partial charge in [-0.15, -0.1) is 0 Å². The van der Waals surface area contributed by atoms with Gasteiger partial charge in [-0.25, -0.2) is 0 Å². The number of rotatable bonds is 4. The van der Waals surface area contributed by atoms with E-state index in [1.165, 1.54) is 0 Å². The highest BCUT2D eigenvalue weighted by Gasteiger charge is 2.28. The lowest BCUT2D eigenvalue weighted by Crippen LogP contribution is -2.30. The third kappa shape index (κ3) is 3.39. The average Bonchev–Trinajstić information content (AvgIpc) is 2.16. The van der Waals surface area contributed by atoms with Gasteiger partial charge in [0.2, 0.25) is 0 Å². The molecular weight excluding hydrogens is 295 g/mol. The van der Waals surface area contributed by atoms with E-state index in [2.05, 4.69) is 15.9 Å². The van der Waals surface area contributed by atoms with Crippen molar-refractivity contribution in [1.29, 1.82) is 0 Å². The van der Waals surface area contributed by atoms with Gasteiger partial charge in [-0.3, -0.25) is 4.79 Å². The van der Waals surface area contributed by atoms with Crippen molar-refractivity contribution < 1.29 is 14.6 Å². The topological polar surface area (TPSA) is 46.5 Å². The fourth-order valence-corrected chi connectivity index (χ4v) is 1.64. The Morgan fingerprint density at radius 1 is 1.56 bits per heavy atom. The molecule has 0 aliphatic heterocycles. The summed E-state index contributed by atoms with van der Waals surface area (Å²) in [6.07, 6.45) is 0. The van der Waals surface area contributed by atoms with Gasteiger partial charge in [0.25, 0.3) is 0 Å². The molecule has 0 fully saturated rings. The zero-order valence-electron chi connectivity index (χ0n) is 8.96. The van der Waals surface area contributed by atoms with Gasteiger partial charge in [0.15, 0.2) is 0 Å². The van der Waals surface area contributed by atoms with Crippen LogP contribution in [0.1, 0.15) is 13.8 Å². The minimum absolute atomic E-state index is 0.0731. The molecule has 1 N–H and O–H groups in total. The van der Waals surface area contributed by atoms with Crippen molar-refractivity contribution in [2.75, 3.05) is 6.61 Å². The van der Waals surface area contributed by atoms with Crippen molar-refractivity contribution in [3.8, 4) is 5.75 Å². The fraction of sp³-hybridized carbons (Fsp3) is 0.364. The molecule has 0 saturated heterocycles. The number of benzene rings is 1. The minimum Gasteiger partial charge on any atom is -0.491 e. The molecule has 0 unspecified atom stereocenters. The Balaban J connectivity index is 2.72. The molecule has 0 atom stereocenters. The van der Waals surface area contributed by atoms with E-state index in [4.69, 9.17) is 21.4 Å². The number of aliphatic carboxylic acids is 1. The van der Waals surface area contributed by atoms with Crippen molar-refractivity contribution in [3.05, 3.63) is 27.7 Å². The van der Waals surface area contributed by atoms with Gasteiger partial charge < -0.3 is 9.84 Å². The summed E-state index contributed by atoms with van der Waals surface area (Å²) in [7, 11) is 0. The van der Waals surface area contributed by atoms with E-state index >= 15 is 0 Å². The van der Waals surface area contributed by atoms with Crippen LogP contribution in [0.5, 0.6) is 5.75 Å². The van der Waals surface area contributed by atoms with E-state index in [9.17, 15) is 4.79 Å². The molecule has 0 saturated carbocycles. The van der Waals surface area contributed by atoms with Crippen LogP contribution in [0.4, 0.5) is 0 Å². The van der Waals surface area contributed by atoms with Crippen LogP contribution in [-0.2, 0) is 4.79 Å². The van der Waals surface area contributed by atoms with Crippen LogP contribution in [0.2, 0.25) is 5.02 Å². The average molecular weight is 308 g/mol. The van der Waals surface area contributed by atoms with Crippen molar-refractivity contribution in [3.63, 3.8) is 0 Å². The van der Waals surface area contributed by atoms with Crippen LogP contribution in [0.25, 0.3) is 0 Å². The van der Waals surface area contributed by atoms with Crippen LogP contribution in [0, 0.1) is 5.41 Å². The van der Waals surface area contributed by atoms with Crippen LogP contribution in [0.15, 0.2) is 22.7 Å². The Kier molecular flexibility index (Phi) is 4.21. The van der Waals surface area contributed by atoms with Gasteiger partial charge in [0, 0.05) is 4.47 Å². The Hall–Kier alpha value is -0.740. The summed E-state index contributed by atoms with van der Waals surface area (Å²) in [5, 5.41) is 9.37. The third-order valence-corrected chi connectivity index (χ3v) is 2.85. The lowest BCUT2D eigenvalue weighted by atomic mass is 9.95. The molecule has 5 heteroatoms. The van der Waals surface area contributed by atoms with Crippen molar-refractivity contribution >= 4 is 33.5 Å². The quantitative estimate of drug-likeness (QED) is 0.924. The van der Waals surface area contributed by atoms with E-state index in [0.29, 0.717) is 10.8 Å². The first-order chi connectivity index (χ1) is 7.33. The Morgan fingerprint density at radius 3 is 2.69 bits per heavy atom. The number of carboxylic acids is 1. The molecular formula is C11H12BrClO3. The Morgan fingerprint density at radius 2 is 2.19 bits per heavy atom. The molecule has 0 aliphatic rings. The van der Waals surface area contributed by atoms with Gasteiger partial charge in [0.1, 0.15) is 12.4 Å². The molecule has 16 heavy (non-hydrogen) atoms. The number of carboxylic acid groups (broad SMARTS) is 1. The molecule has 88 valence electrons. The molecule has 0 amide bonds. The smallest absolute Gasteiger partial charge is 0.312 e. The predicted octanol–water partition coefficient (Wildman–Crippen LogP) is 3.59. The number of hydrogen-bond acceptors (Lipinski definition) is 2. The van der Waals surface area contributed by atoms with Crippen LogP contribution in [0.3, 0.4) is 0 Å². The first kappa shape index (κ1) is 13.3. The minimum atomic E-state index is -0.934. The van der Waals surface area contributed by atoms with Crippen molar-refractivity contribution in [2.24, 2.45) is 5.41 Å². The second kappa shape index (κ2) is 5.06. The second-order valence-corrected chi connectivity index (χ2v) is 5.38. The zero-order chi connectivity index (χ0) is 12.3. The molecule has 1 rings (SSSR count). The maximum absolute atomic E-state index is 10.9. The number of carbonyl (C=O) groups is 1. The highest BCUT2D eigenvalue weighted by atomic mass is 79.9. The second-order valence-electron chi connectivity index (χ2n) is 4.05. The van der Waals surface area contributed by atoms with Crippen LogP contribution in [-0.4, -0.2) is 17.7 Å². The Bertz CT molecular complexity index is 404. The number of ether oxygens (including phenoxy) is 1. The van der Waals surface area contributed by atoms with Gasteiger partial charge in [-0.2, -0.15) is 0 Å². The fourth-order valence-electron chi connectivity index (χ4n) is 0.912. The SMILES string of the molecule is CC(C)(COc1ccc(Br)cc1Cl)C(=O)O. The highest BCUT2D eigenvalue weighted by Crippen LogP contribution is 2.29. The maximum atomic E-state index is 10.9. The molecule has 0 bridgehead atoms. The van der Waals surface area contributed by atoms with E-state index in [0.717, 1.165) is 4.47 Å². The first-order valence-electron chi connectivity index (χ1n) is 4.64. The molecule has 1 aromatic carbocycles. The van der Waals surface area contributed by atoms with Gasteiger partial charge in [-0.1, -0.05) is 27.5 Å². The standard InChI is InChI=1S/C11H12BrClO3/c1-11(2,10(14)15)6-16-9-4-3-7(12)5-8(9)13/h3-5H,6H2,1-2H3,(H,14,15). The van der Waals surface area contributed by atoms with Crippen LogP contribution >= 0.6 is 27.5 Å². The molecule has 1 aromatic rings. The third-order valence-electron chi connectivity index (χ3n) is 2.06. The predicted molar refractivity (Wildman–Crippen MR) is 66.1 cm³/mol. The number of hydrogen-bond donors (Lipinski definition) is 1. The summed E-state index contributed by atoms with van der Waals surface area (Å²) < 4.78 is 6.23. The van der Waals surface area contributed by atoms with Crippen molar-refractivity contribution in [1.82, 2.24) is 0 Å². The largest absolute Gasteiger partial charge is 0.491 e. The highest BCUT2D eigenvalue weighted by molar-refractivity contribution is 9.10. The van der Waals surface area contributed by atoms with Crippen LogP contribution < -0.4 is 4.74 Å². The Labute approximate surface area is 107 Å². The molecule has 0 heterocycles. The maximum Gasteiger partial charge on any atom is 0.312 e. The van der Waals surface area contributed by atoms with E-state index < -0.39 is 11.4 Å². The lowest BCUT2D eigenvalue weighted by Gasteiger charge is -2.19. The van der Waals surface area contributed by atoms with Gasteiger partial charge in [-0.05, 0) is 32.0 Å². The van der Waals surface area contributed by atoms with E-state index in [-0.39, 0.29) is 6.61 Å². The molecule has 3 nitrogen and oxygen atoms in total. The monoisotopic (exact) mass is 306 g/mol. The van der Waals surface area contributed by atoms with Gasteiger partial charge >= 0.3 is 5.97 Å². The summed E-state index contributed by atoms with van der Waals surface area (Å²) in [5.74, 6) is -0.417. The first-order valence-corrected chi connectivity index (χ1v) is 5.81. The normalized spacial score (nSPS) is 11.2. The van der Waals surface area contributed by atoms with E-state index in [1.807, 2.05) is 0 Å². The summed E-state index contributed by atoms with van der Waals surface area (Å²) in [4.78, 5) is 10.9.